The van der Waals surface area contributed by atoms with E-state index in [0.717, 1.165) is 51.0 Å². The molecule has 0 spiro atoms. The second-order valence-corrected chi connectivity index (χ2v) is 8.05. The molecular formula is C21H18N4OS. The number of hydrogen-bond acceptors (Lipinski definition) is 5. The lowest BCUT2D eigenvalue weighted by atomic mass is 10.1. The van der Waals surface area contributed by atoms with Gasteiger partial charge in [0.25, 0.3) is 5.91 Å². The van der Waals surface area contributed by atoms with Crippen LogP contribution in [0.2, 0.25) is 0 Å². The highest BCUT2D eigenvalue weighted by molar-refractivity contribution is 7.20. The van der Waals surface area contributed by atoms with Gasteiger partial charge in [-0.1, -0.05) is 18.2 Å². The molecular weight excluding hydrogens is 356 g/mol. The Morgan fingerprint density at radius 1 is 1.19 bits per heavy atom. The predicted molar refractivity (Wildman–Crippen MR) is 109 cm³/mol. The third-order valence-electron chi connectivity index (χ3n) is 4.99. The zero-order chi connectivity index (χ0) is 18.5. The number of pyridine rings is 1. The predicted octanol–water partition coefficient (Wildman–Crippen LogP) is 4.99. The molecule has 1 aromatic carbocycles. The van der Waals surface area contributed by atoms with Crippen LogP contribution in [-0.4, -0.2) is 20.9 Å². The molecule has 5 rings (SSSR count). The van der Waals surface area contributed by atoms with Gasteiger partial charge in [-0.2, -0.15) is 0 Å². The van der Waals surface area contributed by atoms with E-state index in [-0.39, 0.29) is 5.91 Å². The van der Waals surface area contributed by atoms with Gasteiger partial charge < -0.3 is 5.32 Å². The summed E-state index contributed by atoms with van der Waals surface area (Å²) in [5.74, 6) is 1.29. The molecule has 5 nitrogen and oxygen atoms in total. The van der Waals surface area contributed by atoms with Crippen LogP contribution >= 0.6 is 11.3 Å². The lowest BCUT2D eigenvalue weighted by Crippen LogP contribution is -2.11. The summed E-state index contributed by atoms with van der Waals surface area (Å²) in [4.78, 5) is 28.3. The number of anilines is 1. The fourth-order valence-electron chi connectivity index (χ4n) is 3.43. The molecule has 0 radical (unpaired) electrons. The smallest absolute Gasteiger partial charge is 0.266 e. The van der Waals surface area contributed by atoms with Crippen molar-refractivity contribution in [2.75, 3.05) is 5.32 Å². The number of thiophene rings is 1. The van der Waals surface area contributed by atoms with Crippen molar-refractivity contribution in [2.24, 2.45) is 0 Å². The zero-order valence-corrected chi connectivity index (χ0v) is 15.9. The average Bonchev–Trinajstić information content (AvgIpc) is 3.45. The van der Waals surface area contributed by atoms with Gasteiger partial charge in [-0.25, -0.2) is 9.97 Å². The number of fused-ring (bicyclic) bond motifs is 2. The lowest BCUT2D eigenvalue weighted by Gasteiger charge is -2.05. The van der Waals surface area contributed by atoms with Gasteiger partial charge in [-0.3, -0.25) is 9.78 Å². The number of rotatable bonds is 3. The van der Waals surface area contributed by atoms with E-state index >= 15 is 0 Å². The van der Waals surface area contributed by atoms with Crippen LogP contribution < -0.4 is 5.32 Å². The maximum Gasteiger partial charge on any atom is 0.266 e. The Hall–Kier alpha value is -2.86. The monoisotopic (exact) mass is 374 g/mol. The summed E-state index contributed by atoms with van der Waals surface area (Å²) in [5, 5.41) is 4.99. The second kappa shape index (κ2) is 6.09. The molecule has 27 heavy (non-hydrogen) atoms. The van der Waals surface area contributed by atoms with Crippen molar-refractivity contribution in [3.05, 3.63) is 58.5 Å². The number of carbonyl (C=O) groups is 1. The average molecular weight is 374 g/mol. The van der Waals surface area contributed by atoms with Crippen molar-refractivity contribution in [3.8, 4) is 0 Å². The van der Waals surface area contributed by atoms with Gasteiger partial charge in [0.15, 0.2) is 0 Å². The Morgan fingerprint density at radius 3 is 2.81 bits per heavy atom. The van der Waals surface area contributed by atoms with Gasteiger partial charge in [0.2, 0.25) is 0 Å². The standard InChI is InChI=1S/C21H18N4OS/c1-11-17-12(2)23-19(13-7-8-13)25-21(17)27-18(11)20(26)24-15-9-14-5-3-4-6-16(14)22-10-15/h3-6,9-10,13H,7-8H2,1-2H3,(H,24,26). The Labute approximate surface area is 160 Å². The molecule has 1 fully saturated rings. The van der Waals surface area contributed by atoms with Gasteiger partial charge in [-0.05, 0) is 44.4 Å². The van der Waals surface area contributed by atoms with Gasteiger partial charge in [0.05, 0.1) is 28.0 Å². The van der Waals surface area contributed by atoms with E-state index in [4.69, 9.17) is 4.98 Å². The molecule has 134 valence electrons. The number of aromatic nitrogens is 3. The SMILES string of the molecule is Cc1nc(C2CC2)nc2sc(C(=O)Nc3cnc4ccccc4c3)c(C)c12. The van der Waals surface area contributed by atoms with E-state index in [0.29, 0.717) is 16.5 Å². The highest BCUT2D eigenvalue weighted by Gasteiger charge is 2.28. The van der Waals surface area contributed by atoms with Gasteiger partial charge in [0.1, 0.15) is 10.7 Å². The van der Waals surface area contributed by atoms with Crippen LogP contribution in [-0.2, 0) is 0 Å². The molecule has 1 aliphatic carbocycles. The normalized spacial score (nSPS) is 14.0. The number of nitrogens with one attached hydrogen (secondary N) is 1. The maximum absolute atomic E-state index is 12.9. The molecule has 1 saturated carbocycles. The third kappa shape index (κ3) is 2.86. The second-order valence-electron chi connectivity index (χ2n) is 7.05. The molecule has 4 aromatic rings. The van der Waals surface area contributed by atoms with E-state index in [1.54, 1.807) is 6.20 Å². The van der Waals surface area contributed by atoms with Crippen LogP contribution in [0, 0.1) is 13.8 Å². The molecule has 0 saturated heterocycles. The van der Waals surface area contributed by atoms with Crippen molar-refractivity contribution < 1.29 is 4.79 Å². The summed E-state index contributed by atoms with van der Waals surface area (Å²) in [6.45, 7) is 3.98. The van der Waals surface area contributed by atoms with Crippen molar-refractivity contribution in [1.82, 2.24) is 15.0 Å². The van der Waals surface area contributed by atoms with E-state index in [1.807, 2.05) is 44.2 Å². The fraction of sp³-hybridized carbons (Fsp3) is 0.238. The maximum atomic E-state index is 12.9. The first kappa shape index (κ1) is 16.3. The van der Waals surface area contributed by atoms with Gasteiger partial charge >= 0.3 is 0 Å². The number of benzene rings is 1. The molecule has 1 amide bonds. The molecule has 6 heteroatoms. The van der Waals surface area contributed by atoms with Crippen LogP contribution in [0.5, 0.6) is 0 Å². The largest absolute Gasteiger partial charge is 0.320 e. The number of nitrogens with zero attached hydrogens (tertiary/aromatic N) is 3. The number of para-hydroxylation sites is 1. The van der Waals surface area contributed by atoms with Crippen molar-refractivity contribution in [2.45, 2.75) is 32.6 Å². The minimum Gasteiger partial charge on any atom is -0.320 e. The van der Waals surface area contributed by atoms with E-state index in [1.165, 1.54) is 11.3 Å². The summed E-state index contributed by atoms with van der Waals surface area (Å²) < 4.78 is 0. The quantitative estimate of drug-likeness (QED) is 0.549. The van der Waals surface area contributed by atoms with Crippen LogP contribution in [0.25, 0.3) is 21.1 Å². The van der Waals surface area contributed by atoms with Crippen LogP contribution in [0.3, 0.4) is 0 Å². The summed E-state index contributed by atoms with van der Waals surface area (Å²) in [7, 11) is 0. The van der Waals surface area contributed by atoms with E-state index < -0.39 is 0 Å². The van der Waals surface area contributed by atoms with Crippen molar-refractivity contribution >= 4 is 44.1 Å². The Bertz CT molecular complexity index is 1210. The number of carbonyl (C=O) groups excluding carboxylic acids is 1. The molecule has 0 aliphatic heterocycles. The summed E-state index contributed by atoms with van der Waals surface area (Å²) in [6.07, 6.45) is 4.02. The fourth-order valence-corrected chi connectivity index (χ4v) is 4.56. The molecule has 1 N–H and O–H groups in total. The van der Waals surface area contributed by atoms with Gasteiger partial charge in [0, 0.05) is 16.7 Å². The number of amides is 1. The van der Waals surface area contributed by atoms with Gasteiger partial charge in [-0.15, -0.1) is 11.3 Å². The topological polar surface area (TPSA) is 67.8 Å². The lowest BCUT2D eigenvalue weighted by molar-refractivity contribution is 0.103. The number of hydrogen-bond donors (Lipinski definition) is 1. The third-order valence-corrected chi connectivity index (χ3v) is 6.17. The summed E-state index contributed by atoms with van der Waals surface area (Å²) >= 11 is 1.44. The van der Waals surface area contributed by atoms with Crippen LogP contribution in [0.1, 0.15) is 45.5 Å². The first-order chi connectivity index (χ1) is 13.1. The van der Waals surface area contributed by atoms with Crippen LogP contribution in [0.4, 0.5) is 5.69 Å². The molecule has 0 unspecified atom stereocenters. The van der Waals surface area contributed by atoms with E-state index in [2.05, 4.69) is 15.3 Å². The van der Waals surface area contributed by atoms with E-state index in [9.17, 15) is 4.79 Å². The molecule has 1 aliphatic rings. The van der Waals surface area contributed by atoms with Crippen molar-refractivity contribution in [3.63, 3.8) is 0 Å². The first-order valence-electron chi connectivity index (χ1n) is 9.04. The summed E-state index contributed by atoms with van der Waals surface area (Å²) in [6, 6.07) is 9.80. The van der Waals surface area contributed by atoms with Crippen molar-refractivity contribution in [1.29, 1.82) is 0 Å². The molecule has 0 atom stereocenters. The minimum atomic E-state index is -0.125. The van der Waals surface area contributed by atoms with Crippen LogP contribution in [0.15, 0.2) is 36.5 Å². The Kier molecular flexibility index (Phi) is 3.68. The zero-order valence-electron chi connectivity index (χ0n) is 15.1. The molecule has 3 heterocycles. The summed E-state index contributed by atoms with van der Waals surface area (Å²) in [5.41, 5.74) is 3.51. The molecule has 3 aromatic heterocycles. The Morgan fingerprint density at radius 2 is 2.00 bits per heavy atom. The minimum absolute atomic E-state index is 0.125. The highest BCUT2D eigenvalue weighted by atomic mass is 32.1. The molecule has 0 bridgehead atoms. The number of aryl methyl sites for hydroxylation is 2. The first-order valence-corrected chi connectivity index (χ1v) is 9.85. The Balaban J connectivity index is 1.51. The highest BCUT2D eigenvalue weighted by Crippen LogP contribution is 2.40.